The zero-order valence-corrected chi connectivity index (χ0v) is 9.29. The minimum absolute atomic E-state index is 0.200. The van der Waals surface area contributed by atoms with Crippen LogP contribution in [-0.2, 0) is 7.05 Å². The monoisotopic (exact) mass is 207 g/mol. The van der Waals surface area contributed by atoms with Crippen LogP contribution in [0.15, 0.2) is 12.4 Å². The molecule has 1 aliphatic rings. The van der Waals surface area contributed by atoms with E-state index in [0.717, 1.165) is 31.5 Å². The fourth-order valence-electron chi connectivity index (χ4n) is 2.09. The zero-order chi connectivity index (χ0) is 10.9. The lowest BCUT2D eigenvalue weighted by Crippen LogP contribution is -2.40. The van der Waals surface area contributed by atoms with Gasteiger partial charge >= 0.3 is 0 Å². The molecule has 0 aromatic carbocycles. The Balaban J connectivity index is 2.19. The van der Waals surface area contributed by atoms with Gasteiger partial charge in [-0.2, -0.15) is 5.10 Å². The van der Waals surface area contributed by atoms with Crippen LogP contribution in [0.1, 0.15) is 30.1 Å². The number of aryl methyl sites for hydroxylation is 1. The highest BCUT2D eigenvalue weighted by Gasteiger charge is 2.35. The van der Waals surface area contributed by atoms with Gasteiger partial charge in [0, 0.05) is 18.7 Å². The first-order chi connectivity index (χ1) is 7.12. The molecule has 15 heavy (non-hydrogen) atoms. The number of piperidine rings is 1. The van der Waals surface area contributed by atoms with Crippen LogP contribution in [-0.4, -0.2) is 28.7 Å². The van der Waals surface area contributed by atoms with Crippen molar-refractivity contribution in [3.05, 3.63) is 18.0 Å². The average Bonchev–Trinajstić information content (AvgIpc) is 2.65. The molecule has 0 saturated carbocycles. The fraction of sp³-hybridized carbons (Fsp3) is 0.636. The predicted molar refractivity (Wildman–Crippen MR) is 57.7 cm³/mol. The molecule has 0 aliphatic carbocycles. The lowest BCUT2D eigenvalue weighted by Gasteiger charge is -2.32. The van der Waals surface area contributed by atoms with Gasteiger partial charge in [-0.05, 0) is 25.9 Å². The predicted octanol–water partition coefficient (Wildman–Crippen LogP) is 0.993. The van der Waals surface area contributed by atoms with Crippen LogP contribution in [0, 0.1) is 5.41 Å². The highest BCUT2D eigenvalue weighted by molar-refractivity contribution is 5.99. The van der Waals surface area contributed by atoms with E-state index >= 15 is 0 Å². The maximum absolute atomic E-state index is 12.3. The van der Waals surface area contributed by atoms with Crippen molar-refractivity contribution < 1.29 is 4.79 Å². The van der Waals surface area contributed by atoms with E-state index in [0.29, 0.717) is 0 Å². The molecular formula is C11H17N3O. The molecular weight excluding hydrogens is 190 g/mol. The smallest absolute Gasteiger partial charge is 0.171 e. The van der Waals surface area contributed by atoms with E-state index < -0.39 is 0 Å². The fourth-order valence-corrected chi connectivity index (χ4v) is 2.09. The molecule has 1 N–H and O–H groups in total. The second-order valence-electron chi connectivity index (χ2n) is 4.54. The summed E-state index contributed by atoms with van der Waals surface area (Å²) < 4.78 is 1.68. The van der Waals surface area contributed by atoms with Gasteiger partial charge < -0.3 is 5.32 Å². The third-order valence-electron chi connectivity index (χ3n) is 3.22. The van der Waals surface area contributed by atoms with Crippen LogP contribution in [0.4, 0.5) is 0 Å². The van der Waals surface area contributed by atoms with Gasteiger partial charge in [0.2, 0.25) is 0 Å². The first-order valence-electron chi connectivity index (χ1n) is 5.36. The third-order valence-corrected chi connectivity index (χ3v) is 3.22. The van der Waals surface area contributed by atoms with Gasteiger partial charge in [0.1, 0.15) is 0 Å². The van der Waals surface area contributed by atoms with Crippen molar-refractivity contribution in [3.63, 3.8) is 0 Å². The van der Waals surface area contributed by atoms with Gasteiger partial charge in [-0.1, -0.05) is 6.92 Å². The minimum Gasteiger partial charge on any atom is -0.317 e. The first-order valence-corrected chi connectivity index (χ1v) is 5.36. The number of Topliss-reactive ketones (excluding diaryl/α,β-unsaturated/α-hetero) is 1. The van der Waals surface area contributed by atoms with E-state index in [1.54, 1.807) is 17.1 Å². The number of carbonyl (C=O) groups excluding carboxylic acids is 1. The van der Waals surface area contributed by atoms with Crippen LogP contribution in [0.5, 0.6) is 0 Å². The van der Waals surface area contributed by atoms with Gasteiger partial charge in [0.15, 0.2) is 5.78 Å². The van der Waals surface area contributed by atoms with E-state index in [1.807, 2.05) is 7.05 Å². The maximum Gasteiger partial charge on any atom is 0.171 e. The van der Waals surface area contributed by atoms with Crippen molar-refractivity contribution in [3.8, 4) is 0 Å². The molecule has 0 amide bonds. The Labute approximate surface area is 89.7 Å². The van der Waals surface area contributed by atoms with Crippen molar-refractivity contribution in [2.24, 2.45) is 12.5 Å². The van der Waals surface area contributed by atoms with Gasteiger partial charge in [-0.25, -0.2) is 0 Å². The second kappa shape index (κ2) is 3.77. The van der Waals surface area contributed by atoms with Crippen LogP contribution in [0.3, 0.4) is 0 Å². The molecule has 2 heterocycles. The molecule has 1 aromatic rings. The Hall–Kier alpha value is -1.16. The summed E-state index contributed by atoms with van der Waals surface area (Å²) in [6.07, 6.45) is 5.30. The second-order valence-corrected chi connectivity index (χ2v) is 4.54. The Morgan fingerprint density at radius 3 is 2.73 bits per heavy atom. The summed E-state index contributed by atoms with van der Waals surface area (Å²) in [5, 5.41) is 7.32. The van der Waals surface area contributed by atoms with E-state index in [9.17, 15) is 4.79 Å². The number of ketones is 1. The Morgan fingerprint density at radius 2 is 2.20 bits per heavy atom. The Kier molecular flexibility index (Phi) is 2.61. The van der Waals surface area contributed by atoms with Gasteiger partial charge in [-0.3, -0.25) is 9.48 Å². The highest BCUT2D eigenvalue weighted by atomic mass is 16.1. The number of aromatic nitrogens is 2. The lowest BCUT2D eigenvalue weighted by atomic mass is 9.75. The molecule has 4 nitrogen and oxygen atoms in total. The van der Waals surface area contributed by atoms with Gasteiger partial charge in [0.25, 0.3) is 0 Å². The quantitative estimate of drug-likeness (QED) is 0.736. The highest BCUT2D eigenvalue weighted by Crippen LogP contribution is 2.31. The molecule has 2 rings (SSSR count). The number of hydrogen-bond donors (Lipinski definition) is 1. The number of nitrogens with zero attached hydrogens (tertiary/aromatic N) is 2. The van der Waals surface area contributed by atoms with Crippen molar-refractivity contribution in [2.75, 3.05) is 13.1 Å². The summed E-state index contributed by atoms with van der Waals surface area (Å²) in [7, 11) is 1.83. The summed E-state index contributed by atoms with van der Waals surface area (Å²) >= 11 is 0. The molecule has 82 valence electrons. The molecule has 0 unspecified atom stereocenters. The molecule has 0 radical (unpaired) electrons. The average molecular weight is 207 g/mol. The molecule has 1 saturated heterocycles. The lowest BCUT2D eigenvalue weighted by molar-refractivity contribution is 0.0762. The Morgan fingerprint density at radius 1 is 1.53 bits per heavy atom. The van der Waals surface area contributed by atoms with Crippen LogP contribution < -0.4 is 5.32 Å². The molecule has 0 bridgehead atoms. The third kappa shape index (κ3) is 1.95. The van der Waals surface area contributed by atoms with E-state index in [4.69, 9.17) is 0 Å². The molecule has 1 aromatic heterocycles. The molecule has 0 spiro atoms. The maximum atomic E-state index is 12.3. The summed E-state index contributed by atoms with van der Waals surface area (Å²) in [5.74, 6) is 0.233. The number of nitrogens with one attached hydrogen (secondary N) is 1. The van der Waals surface area contributed by atoms with Crippen LogP contribution >= 0.6 is 0 Å². The summed E-state index contributed by atoms with van der Waals surface area (Å²) in [5.41, 5.74) is 0.538. The van der Waals surface area contributed by atoms with Crippen LogP contribution in [0.2, 0.25) is 0 Å². The summed E-state index contributed by atoms with van der Waals surface area (Å²) in [6, 6.07) is 0. The van der Waals surface area contributed by atoms with Crippen molar-refractivity contribution in [1.29, 1.82) is 0 Å². The molecule has 1 aliphatic heterocycles. The normalized spacial score (nSPS) is 20.1. The summed E-state index contributed by atoms with van der Waals surface area (Å²) in [4.78, 5) is 12.3. The number of carbonyl (C=O) groups is 1. The molecule has 4 heteroatoms. The van der Waals surface area contributed by atoms with Crippen molar-refractivity contribution in [2.45, 2.75) is 19.8 Å². The topological polar surface area (TPSA) is 46.9 Å². The van der Waals surface area contributed by atoms with E-state index in [2.05, 4.69) is 17.3 Å². The summed E-state index contributed by atoms with van der Waals surface area (Å²) in [6.45, 7) is 3.92. The largest absolute Gasteiger partial charge is 0.317 e. The van der Waals surface area contributed by atoms with E-state index in [-0.39, 0.29) is 11.2 Å². The molecule has 1 fully saturated rings. The number of hydrogen-bond acceptors (Lipinski definition) is 3. The van der Waals surface area contributed by atoms with Crippen molar-refractivity contribution >= 4 is 5.78 Å². The van der Waals surface area contributed by atoms with Gasteiger partial charge in [0.05, 0.1) is 11.8 Å². The first kappa shape index (κ1) is 10.4. The molecule has 0 atom stereocenters. The Bertz CT molecular complexity index is 364. The standard InChI is InChI=1S/C11H17N3O/c1-11(3-5-12-6-4-11)10(15)9-7-13-14(2)8-9/h7-8,12H,3-6H2,1-2H3. The van der Waals surface area contributed by atoms with Crippen LogP contribution in [0.25, 0.3) is 0 Å². The number of rotatable bonds is 2. The zero-order valence-electron chi connectivity index (χ0n) is 9.29. The minimum atomic E-state index is -0.200. The van der Waals surface area contributed by atoms with E-state index in [1.165, 1.54) is 0 Å². The van der Waals surface area contributed by atoms with Gasteiger partial charge in [-0.15, -0.1) is 0 Å². The van der Waals surface area contributed by atoms with Crippen molar-refractivity contribution in [1.82, 2.24) is 15.1 Å². The SMILES string of the molecule is Cn1cc(C(=O)C2(C)CCNCC2)cn1.